The number of fused-ring (bicyclic) bond motifs is 1. The van der Waals surface area contributed by atoms with Crippen LogP contribution in [0.5, 0.6) is 0 Å². The summed E-state index contributed by atoms with van der Waals surface area (Å²) in [5.41, 5.74) is 3.15. The standard InChI is InChI=1S/C13H14N2O2/c16-12-4-5-13(17)15(12)11-3-1-2-9-8-14-7-6-10(9)11/h1-3,14H,4-8H2. The number of rotatable bonds is 1. The van der Waals surface area contributed by atoms with Crippen molar-refractivity contribution in [3.8, 4) is 0 Å². The van der Waals surface area contributed by atoms with Crippen LogP contribution in [0, 0.1) is 0 Å². The van der Waals surface area contributed by atoms with Crippen LogP contribution in [0.2, 0.25) is 0 Å². The summed E-state index contributed by atoms with van der Waals surface area (Å²) in [6, 6.07) is 5.85. The van der Waals surface area contributed by atoms with E-state index in [0.29, 0.717) is 12.8 Å². The highest BCUT2D eigenvalue weighted by atomic mass is 16.2. The largest absolute Gasteiger partial charge is 0.312 e. The summed E-state index contributed by atoms with van der Waals surface area (Å²) in [7, 11) is 0. The Kier molecular flexibility index (Phi) is 2.44. The molecule has 2 amide bonds. The van der Waals surface area contributed by atoms with Crippen LogP contribution in [0.3, 0.4) is 0 Å². The van der Waals surface area contributed by atoms with Gasteiger partial charge in [-0.3, -0.25) is 14.5 Å². The lowest BCUT2D eigenvalue weighted by atomic mass is 9.98. The molecular weight excluding hydrogens is 216 g/mol. The molecule has 1 fully saturated rings. The number of nitrogens with one attached hydrogen (secondary N) is 1. The molecule has 2 heterocycles. The Hall–Kier alpha value is -1.68. The van der Waals surface area contributed by atoms with Crippen molar-refractivity contribution in [2.75, 3.05) is 11.4 Å². The van der Waals surface area contributed by atoms with Gasteiger partial charge in [0.2, 0.25) is 11.8 Å². The summed E-state index contributed by atoms with van der Waals surface area (Å²) in [6.45, 7) is 1.72. The minimum atomic E-state index is -0.0677. The lowest BCUT2D eigenvalue weighted by Crippen LogP contribution is -2.32. The summed E-state index contributed by atoms with van der Waals surface area (Å²) in [5, 5.41) is 3.29. The average Bonchev–Trinajstić information content (AvgIpc) is 2.69. The molecule has 1 N–H and O–H groups in total. The lowest BCUT2D eigenvalue weighted by molar-refractivity contribution is -0.121. The molecule has 3 rings (SSSR count). The number of amides is 2. The van der Waals surface area contributed by atoms with Crippen LogP contribution in [0.1, 0.15) is 24.0 Å². The molecule has 4 heteroatoms. The van der Waals surface area contributed by atoms with Gasteiger partial charge in [-0.1, -0.05) is 12.1 Å². The number of nitrogens with zero attached hydrogens (tertiary/aromatic N) is 1. The summed E-state index contributed by atoms with van der Waals surface area (Å²) in [5.74, 6) is -0.135. The maximum atomic E-state index is 11.8. The van der Waals surface area contributed by atoms with Gasteiger partial charge in [0.05, 0.1) is 5.69 Å². The molecule has 88 valence electrons. The van der Waals surface area contributed by atoms with E-state index in [4.69, 9.17) is 0 Å². The fraction of sp³-hybridized carbons (Fsp3) is 0.385. The number of benzene rings is 1. The number of carbonyl (C=O) groups excluding carboxylic acids is 2. The molecule has 1 aromatic carbocycles. The Morgan fingerprint density at radius 2 is 1.82 bits per heavy atom. The summed E-state index contributed by atoms with van der Waals surface area (Å²) in [6.07, 6.45) is 1.57. The molecule has 1 aromatic rings. The van der Waals surface area contributed by atoms with Crippen LogP contribution in [-0.2, 0) is 22.6 Å². The minimum Gasteiger partial charge on any atom is -0.312 e. The average molecular weight is 230 g/mol. The SMILES string of the molecule is O=C1CCC(=O)N1c1cccc2c1CCNC2. The zero-order valence-electron chi connectivity index (χ0n) is 9.53. The first kappa shape index (κ1) is 10.5. The second-order valence-electron chi connectivity index (χ2n) is 4.46. The quantitative estimate of drug-likeness (QED) is 0.732. The van der Waals surface area contributed by atoms with Gasteiger partial charge in [-0.15, -0.1) is 0 Å². The Morgan fingerprint density at radius 1 is 1.06 bits per heavy atom. The Bertz CT molecular complexity index is 480. The first-order valence-corrected chi connectivity index (χ1v) is 5.94. The lowest BCUT2D eigenvalue weighted by Gasteiger charge is -2.24. The molecule has 0 aliphatic carbocycles. The van der Waals surface area contributed by atoms with E-state index in [2.05, 4.69) is 11.4 Å². The van der Waals surface area contributed by atoms with Crippen LogP contribution in [0.15, 0.2) is 18.2 Å². The second kappa shape index (κ2) is 3.96. The van der Waals surface area contributed by atoms with Crippen molar-refractivity contribution in [2.45, 2.75) is 25.8 Å². The number of carbonyl (C=O) groups is 2. The van der Waals surface area contributed by atoms with Gasteiger partial charge in [0, 0.05) is 19.4 Å². The van der Waals surface area contributed by atoms with Gasteiger partial charge in [-0.05, 0) is 30.2 Å². The molecule has 17 heavy (non-hydrogen) atoms. The fourth-order valence-corrected chi connectivity index (χ4v) is 2.57. The zero-order valence-corrected chi connectivity index (χ0v) is 9.53. The van der Waals surface area contributed by atoms with Crippen molar-refractivity contribution in [2.24, 2.45) is 0 Å². The molecule has 0 radical (unpaired) electrons. The van der Waals surface area contributed by atoms with E-state index in [-0.39, 0.29) is 11.8 Å². The summed E-state index contributed by atoms with van der Waals surface area (Å²) < 4.78 is 0. The van der Waals surface area contributed by atoms with Crippen molar-refractivity contribution >= 4 is 17.5 Å². The highest BCUT2D eigenvalue weighted by Gasteiger charge is 2.32. The predicted octanol–water partition coefficient (Wildman–Crippen LogP) is 0.986. The van der Waals surface area contributed by atoms with Gasteiger partial charge >= 0.3 is 0 Å². The van der Waals surface area contributed by atoms with E-state index >= 15 is 0 Å². The van der Waals surface area contributed by atoms with Crippen LogP contribution < -0.4 is 10.2 Å². The van der Waals surface area contributed by atoms with E-state index < -0.39 is 0 Å². The Morgan fingerprint density at radius 3 is 2.59 bits per heavy atom. The third kappa shape index (κ3) is 1.65. The Labute approximate surface area is 99.6 Å². The topological polar surface area (TPSA) is 49.4 Å². The molecule has 2 aliphatic heterocycles. The number of imide groups is 1. The van der Waals surface area contributed by atoms with Gasteiger partial charge in [-0.25, -0.2) is 0 Å². The van der Waals surface area contributed by atoms with Crippen LogP contribution in [0.4, 0.5) is 5.69 Å². The highest BCUT2D eigenvalue weighted by molar-refractivity contribution is 6.20. The molecule has 0 spiro atoms. The van der Waals surface area contributed by atoms with Gasteiger partial charge in [0.25, 0.3) is 0 Å². The van der Waals surface area contributed by atoms with Gasteiger partial charge in [0.1, 0.15) is 0 Å². The van der Waals surface area contributed by atoms with Crippen molar-refractivity contribution < 1.29 is 9.59 Å². The van der Waals surface area contributed by atoms with E-state index in [0.717, 1.165) is 30.8 Å². The van der Waals surface area contributed by atoms with E-state index in [1.165, 1.54) is 10.5 Å². The molecule has 0 saturated carbocycles. The summed E-state index contributed by atoms with van der Waals surface area (Å²) >= 11 is 0. The van der Waals surface area contributed by atoms with Crippen molar-refractivity contribution in [3.05, 3.63) is 29.3 Å². The van der Waals surface area contributed by atoms with Gasteiger partial charge in [-0.2, -0.15) is 0 Å². The molecule has 0 aromatic heterocycles. The Balaban J connectivity index is 2.08. The molecule has 1 saturated heterocycles. The molecular formula is C13H14N2O2. The predicted molar refractivity (Wildman–Crippen MR) is 63.6 cm³/mol. The molecule has 0 atom stereocenters. The number of anilines is 1. The first-order chi connectivity index (χ1) is 8.27. The molecule has 2 aliphatic rings. The number of hydrogen-bond acceptors (Lipinski definition) is 3. The van der Waals surface area contributed by atoms with Crippen molar-refractivity contribution in [1.82, 2.24) is 5.32 Å². The maximum absolute atomic E-state index is 11.8. The van der Waals surface area contributed by atoms with Gasteiger partial charge in [0.15, 0.2) is 0 Å². The van der Waals surface area contributed by atoms with Crippen molar-refractivity contribution in [1.29, 1.82) is 0 Å². The highest BCUT2D eigenvalue weighted by Crippen LogP contribution is 2.30. The third-order valence-corrected chi connectivity index (χ3v) is 3.41. The summed E-state index contributed by atoms with van der Waals surface area (Å²) in [4.78, 5) is 24.9. The first-order valence-electron chi connectivity index (χ1n) is 5.94. The number of hydrogen-bond donors (Lipinski definition) is 1. The molecule has 4 nitrogen and oxygen atoms in total. The van der Waals surface area contributed by atoms with E-state index in [1.54, 1.807) is 0 Å². The third-order valence-electron chi connectivity index (χ3n) is 3.41. The smallest absolute Gasteiger partial charge is 0.234 e. The second-order valence-corrected chi connectivity index (χ2v) is 4.46. The normalized spacial score (nSPS) is 19.6. The minimum absolute atomic E-state index is 0.0677. The van der Waals surface area contributed by atoms with E-state index in [1.807, 2.05) is 12.1 Å². The molecule has 0 bridgehead atoms. The molecule has 0 unspecified atom stereocenters. The van der Waals surface area contributed by atoms with Crippen LogP contribution in [0.25, 0.3) is 0 Å². The van der Waals surface area contributed by atoms with E-state index in [9.17, 15) is 9.59 Å². The fourth-order valence-electron chi connectivity index (χ4n) is 2.57. The van der Waals surface area contributed by atoms with Crippen LogP contribution in [-0.4, -0.2) is 18.4 Å². The zero-order chi connectivity index (χ0) is 11.8. The monoisotopic (exact) mass is 230 g/mol. The maximum Gasteiger partial charge on any atom is 0.234 e. The van der Waals surface area contributed by atoms with Crippen molar-refractivity contribution in [3.63, 3.8) is 0 Å². The van der Waals surface area contributed by atoms with Crippen LogP contribution >= 0.6 is 0 Å². The van der Waals surface area contributed by atoms with Gasteiger partial charge < -0.3 is 5.32 Å².